The van der Waals surface area contributed by atoms with Crippen LogP contribution in [0.25, 0.3) is 0 Å². The minimum Gasteiger partial charge on any atom is -0.388 e. The lowest BCUT2D eigenvalue weighted by atomic mass is 9.92. The van der Waals surface area contributed by atoms with Crippen LogP contribution < -0.4 is 5.73 Å². The molecule has 0 heterocycles. The fourth-order valence-electron chi connectivity index (χ4n) is 2.15. The van der Waals surface area contributed by atoms with Crippen molar-refractivity contribution in [2.24, 2.45) is 5.73 Å². The molecule has 0 aromatic heterocycles. The van der Waals surface area contributed by atoms with Crippen molar-refractivity contribution in [3.8, 4) is 0 Å². The lowest BCUT2D eigenvalue weighted by molar-refractivity contribution is -0.0488. The topological polar surface area (TPSA) is 55.5 Å². The molecule has 16 heavy (non-hydrogen) atoms. The molecule has 0 aliphatic heterocycles. The third-order valence-corrected chi connectivity index (χ3v) is 3.66. The molecule has 1 aliphatic carbocycles. The van der Waals surface area contributed by atoms with Crippen molar-refractivity contribution in [1.82, 2.24) is 0 Å². The molecule has 1 saturated carbocycles. The van der Waals surface area contributed by atoms with Crippen LogP contribution >= 0.6 is 0 Å². The van der Waals surface area contributed by atoms with Gasteiger partial charge in [-0.2, -0.15) is 0 Å². The maximum absolute atomic E-state index is 9.83. The molecule has 1 aliphatic rings. The average Bonchev–Trinajstić information content (AvgIpc) is 2.43. The molecule has 0 spiro atoms. The highest BCUT2D eigenvalue weighted by atomic mass is 16.5. The van der Waals surface area contributed by atoms with Gasteiger partial charge in [0.05, 0.1) is 18.8 Å². The first-order valence-corrected chi connectivity index (χ1v) is 6.56. The third kappa shape index (κ3) is 4.81. The minimum absolute atomic E-state index is 0.152. The van der Waals surface area contributed by atoms with E-state index in [1.54, 1.807) is 0 Å². The summed E-state index contributed by atoms with van der Waals surface area (Å²) in [6.07, 6.45) is 7.85. The van der Waals surface area contributed by atoms with Crippen LogP contribution in [0.5, 0.6) is 0 Å². The summed E-state index contributed by atoms with van der Waals surface area (Å²) in [5.41, 5.74) is 5.46. The van der Waals surface area contributed by atoms with Crippen LogP contribution in [0.1, 0.15) is 58.8 Å². The fraction of sp³-hybridized carbons (Fsp3) is 1.00. The van der Waals surface area contributed by atoms with E-state index in [2.05, 4.69) is 0 Å². The normalized spacial score (nSPS) is 24.8. The van der Waals surface area contributed by atoms with E-state index >= 15 is 0 Å². The van der Waals surface area contributed by atoms with Crippen molar-refractivity contribution >= 4 is 0 Å². The van der Waals surface area contributed by atoms with E-state index < -0.39 is 5.60 Å². The summed E-state index contributed by atoms with van der Waals surface area (Å²) in [6.45, 7) is 4.75. The van der Waals surface area contributed by atoms with Crippen molar-refractivity contribution in [3.63, 3.8) is 0 Å². The van der Waals surface area contributed by atoms with Gasteiger partial charge in [-0.1, -0.05) is 32.6 Å². The van der Waals surface area contributed by atoms with Crippen molar-refractivity contribution in [2.75, 3.05) is 13.2 Å². The molecule has 0 saturated heterocycles. The van der Waals surface area contributed by atoms with Gasteiger partial charge in [0.25, 0.3) is 0 Å². The highest BCUT2D eigenvalue weighted by Crippen LogP contribution is 2.25. The Balaban J connectivity index is 2.29. The lowest BCUT2D eigenvalue weighted by Crippen LogP contribution is -2.45. The molecular formula is C13H27NO2. The van der Waals surface area contributed by atoms with Crippen LogP contribution in [0.3, 0.4) is 0 Å². The Kier molecular flexibility index (Phi) is 5.22. The predicted octanol–water partition coefficient (Wildman–Crippen LogP) is 2.22. The van der Waals surface area contributed by atoms with E-state index in [1.165, 1.54) is 25.7 Å². The smallest absolute Gasteiger partial charge is 0.0849 e. The second kappa shape index (κ2) is 5.99. The van der Waals surface area contributed by atoms with Gasteiger partial charge in [0.2, 0.25) is 0 Å². The molecule has 0 bridgehead atoms. The predicted molar refractivity (Wildman–Crippen MR) is 66.4 cm³/mol. The Hall–Kier alpha value is -0.120. The monoisotopic (exact) mass is 229 g/mol. The summed E-state index contributed by atoms with van der Waals surface area (Å²) in [6, 6.07) is 0. The molecule has 1 fully saturated rings. The SMILES string of the molecule is CCC(C)(O)COCC1(N)CCCCCC1. The van der Waals surface area contributed by atoms with Crippen LogP contribution in [0.2, 0.25) is 0 Å². The molecule has 96 valence electrons. The highest BCUT2D eigenvalue weighted by molar-refractivity contribution is 4.86. The third-order valence-electron chi connectivity index (χ3n) is 3.66. The van der Waals surface area contributed by atoms with E-state index in [4.69, 9.17) is 10.5 Å². The zero-order valence-electron chi connectivity index (χ0n) is 10.8. The van der Waals surface area contributed by atoms with Gasteiger partial charge in [0.15, 0.2) is 0 Å². The number of ether oxygens (including phenoxy) is 1. The number of nitrogens with two attached hydrogens (primary N) is 1. The zero-order valence-corrected chi connectivity index (χ0v) is 10.8. The zero-order chi connectivity index (χ0) is 12.1. The Morgan fingerprint density at radius 3 is 2.31 bits per heavy atom. The molecule has 1 rings (SSSR count). The van der Waals surface area contributed by atoms with Gasteiger partial charge in [-0.05, 0) is 26.2 Å². The summed E-state index contributed by atoms with van der Waals surface area (Å²) in [5, 5.41) is 9.83. The fourth-order valence-corrected chi connectivity index (χ4v) is 2.15. The van der Waals surface area contributed by atoms with E-state index in [0.29, 0.717) is 19.6 Å². The van der Waals surface area contributed by atoms with Gasteiger partial charge in [-0.15, -0.1) is 0 Å². The van der Waals surface area contributed by atoms with Gasteiger partial charge >= 0.3 is 0 Å². The summed E-state index contributed by atoms with van der Waals surface area (Å²) in [5.74, 6) is 0. The molecule has 0 amide bonds. The Labute approximate surface area is 99.4 Å². The molecule has 3 nitrogen and oxygen atoms in total. The van der Waals surface area contributed by atoms with Gasteiger partial charge in [0.1, 0.15) is 0 Å². The maximum Gasteiger partial charge on any atom is 0.0849 e. The summed E-state index contributed by atoms with van der Waals surface area (Å²) in [7, 11) is 0. The van der Waals surface area contributed by atoms with E-state index in [1.807, 2.05) is 13.8 Å². The summed E-state index contributed by atoms with van der Waals surface area (Å²) in [4.78, 5) is 0. The first-order chi connectivity index (χ1) is 7.47. The number of hydrogen-bond donors (Lipinski definition) is 2. The van der Waals surface area contributed by atoms with Crippen LogP contribution in [0, 0.1) is 0 Å². The van der Waals surface area contributed by atoms with Crippen molar-refractivity contribution < 1.29 is 9.84 Å². The number of rotatable bonds is 5. The van der Waals surface area contributed by atoms with Crippen LogP contribution in [-0.2, 0) is 4.74 Å². The Morgan fingerprint density at radius 1 is 1.25 bits per heavy atom. The number of aliphatic hydroxyl groups is 1. The minimum atomic E-state index is -0.707. The van der Waals surface area contributed by atoms with Gasteiger partial charge in [0, 0.05) is 5.54 Å². The van der Waals surface area contributed by atoms with Crippen molar-refractivity contribution in [1.29, 1.82) is 0 Å². The van der Waals surface area contributed by atoms with E-state index in [9.17, 15) is 5.11 Å². The summed E-state index contributed by atoms with van der Waals surface area (Å²) >= 11 is 0. The van der Waals surface area contributed by atoms with Gasteiger partial charge in [-0.3, -0.25) is 0 Å². The second-order valence-corrected chi connectivity index (χ2v) is 5.62. The largest absolute Gasteiger partial charge is 0.388 e. The first kappa shape index (κ1) is 13.9. The van der Waals surface area contributed by atoms with Gasteiger partial charge < -0.3 is 15.6 Å². The van der Waals surface area contributed by atoms with Crippen LogP contribution in [-0.4, -0.2) is 29.5 Å². The summed E-state index contributed by atoms with van der Waals surface area (Å²) < 4.78 is 5.61. The average molecular weight is 229 g/mol. The quantitative estimate of drug-likeness (QED) is 0.711. The molecule has 1 atom stereocenters. The number of hydrogen-bond acceptors (Lipinski definition) is 3. The Bertz CT molecular complexity index is 196. The lowest BCUT2D eigenvalue weighted by Gasteiger charge is -2.30. The standard InChI is InChI=1S/C13H27NO2/c1-3-12(2,15)10-16-11-13(14)8-6-4-5-7-9-13/h15H,3-11,14H2,1-2H3. The van der Waals surface area contributed by atoms with Crippen molar-refractivity contribution in [2.45, 2.75) is 69.9 Å². The van der Waals surface area contributed by atoms with Crippen LogP contribution in [0.15, 0.2) is 0 Å². The molecule has 1 unspecified atom stereocenters. The molecular weight excluding hydrogens is 202 g/mol. The highest BCUT2D eigenvalue weighted by Gasteiger charge is 2.27. The van der Waals surface area contributed by atoms with E-state index in [0.717, 1.165) is 12.8 Å². The second-order valence-electron chi connectivity index (χ2n) is 5.62. The molecule has 0 aromatic carbocycles. The van der Waals surface area contributed by atoms with E-state index in [-0.39, 0.29) is 5.54 Å². The van der Waals surface area contributed by atoms with Gasteiger partial charge in [-0.25, -0.2) is 0 Å². The van der Waals surface area contributed by atoms with Crippen LogP contribution in [0.4, 0.5) is 0 Å². The van der Waals surface area contributed by atoms with Crippen molar-refractivity contribution in [3.05, 3.63) is 0 Å². The first-order valence-electron chi connectivity index (χ1n) is 6.56. The molecule has 0 aromatic rings. The Morgan fingerprint density at radius 2 is 1.81 bits per heavy atom. The molecule has 0 radical (unpaired) electrons. The molecule has 3 N–H and O–H groups in total. The molecule has 3 heteroatoms. The maximum atomic E-state index is 9.83.